The first-order valence-electron chi connectivity index (χ1n) is 2.59. The zero-order valence-corrected chi connectivity index (χ0v) is 5.78. The molecule has 1 N–H and O–H groups in total. The Morgan fingerprint density at radius 2 is 2.11 bits per heavy atom. The molecule has 2 nitrogen and oxygen atoms in total. The molecule has 0 atom stereocenters. The van der Waals surface area contributed by atoms with E-state index in [9.17, 15) is 4.79 Å². The number of allylic oxidation sites excluding steroid dienone is 1. The van der Waals surface area contributed by atoms with Gasteiger partial charge in [-0.15, -0.1) is 12.4 Å². The van der Waals surface area contributed by atoms with Crippen LogP contribution in [-0.4, -0.2) is 11.1 Å². The van der Waals surface area contributed by atoms with Gasteiger partial charge in [0.05, 0.1) is 5.92 Å². The largest absolute Gasteiger partial charge is 0.481 e. The molecule has 1 saturated carbocycles. The van der Waals surface area contributed by atoms with E-state index >= 15 is 0 Å². The smallest absolute Gasteiger partial charge is 0.307 e. The molecule has 9 heavy (non-hydrogen) atoms. The Morgan fingerprint density at radius 3 is 2.22 bits per heavy atom. The quantitative estimate of drug-likeness (QED) is 0.572. The van der Waals surface area contributed by atoms with Crippen LogP contribution >= 0.6 is 12.4 Å². The molecule has 0 heterocycles. The van der Waals surface area contributed by atoms with E-state index in [1.165, 1.54) is 0 Å². The van der Waals surface area contributed by atoms with Gasteiger partial charge in [-0.05, 0) is 12.8 Å². The Balaban J connectivity index is 0.000000640. The summed E-state index contributed by atoms with van der Waals surface area (Å²) in [5.74, 6) is -0.806. The van der Waals surface area contributed by atoms with Crippen molar-refractivity contribution in [1.29, 1.82) is 0 Å². The van der Waals surface area contributed by atoms with E-state index in [0.717, 1.165) is 5.57 Å². The number of carboxylic acids is 1. The second-order valence-corrected chi connectivity index (χ2v) is 2.19. The third kappa shape index (κ3) is 1.72. The van der Waals surface area contributed by atoms with Crippen LogP contribution in [0.4, 0.5) is 0 Å². The molecule has 1 aliphatic carbocycles. The summed E-state index contributed by atoms with van der Waals surface area (Å²) in [5, 5.41) is 8.31. The maximum Gasteiger partial charge on any atom is 0.307 e. The Morgan fingerprint density at radius 1 is 1.67 bits per heavy atom. The van der Waals surface area contributed by atoms with Crippen molar-refractivity contribution in [3.8, 4) is 0 Å². The lowest BCUT2D eigenvalue weighted by atomic mass is 9.81. The molecule has 0 saturated heterocycles. The van der Waals surface area contributed by atoms with E-state index in [1.807, 2.05) is 0 Å². The van der Waals surface area contributed by atoms with Crippen molar-refractivity contribution in [2.45, 2.75) is 12.8 Å². The van der Waals surface area contributed by atoms with Crippen LogP contribution in [0.1, 0.15) is 12.8 Å². The number of carbonyl (C=O) groups is 1. The van der Waals surface area contributed by atoms with Crippen LogP contribution in [0.25, 0.3) is 0 Å². The first-order chi connectivity index (χ1) is 3.70. The summed E-state index contributed by atoms with van der Waals surface area (Å²) in [6.07, 6.45) is 1.38. The van der Waals surface area contributed by atoms with Gasteiger partial charge in [0, 0.05) is 0 Å². The van der Waals surface area contributed by atoms with Crippen molar-refractivity contribution in [2.75, 3.05) is 0 Å². The third-order valence-electron chi connectivity index (χ3n) is 1.42. The van der Waals surface area contributed by atoms with Gasteiger partial charge in [0.2, 0.25) is 0 Å². The predicted octanol–water partition coefficient (Wildman–Crippen LogP) is 1.46. The fourth-order valence-electron chi connectivity index (χ4n) is 0.812. The Labute approximate surface area is 60.0 Å². The molecule has 0 aromatic carbocycles. The molecule has 1 aliphatic rings. The molecular formula is C6H9ClO2. The number of rotatable bonds is 1. The minimum Gasteiger partial charge on any atom is -0.481 e. The standard InChI is InChI=1S/C6H8O2.ClH/c1-4-2-5(3-4)6(7)8;/h5H,1-3H2,(H,7,8);1H. The molecule has 0 aliphatic heterocycles. The number of hydrogen-bond donors (Lipinski definition) is 1. The van der Waals surface area contributed by atoms with Gasteiger partial charge in [0.1, 0.15) is 0 Å². The summed E-state index contributed by atoms with van der Waals surface area (Å²) >= 11 is 0. The number of hydrogen-bond acceptors (Lipinski definition) is 1. The zero-order valence-electron chi connectivity index (χ0n) is 4.96. The van der Waals surface area contributed by atoms with Crippen molar-refractivity contribution < 1.29 is 9.90 Å². The molecule has 1 rings (SSSR count). The molecule has 0 spiro atoms. The van der Waals surface area contributed by atoms with Crippen molar-refractivity contribution in [1.82, 2.24) is 0 Å². The van der Waals surface area contributed by atoms with Crippen LogP contribution < -0.4 is 0 Å². The molecular weight excluding hydrogens is 140 g/mol. The lowest BCUT2D eigenvalue weighted by Crippen LogP contribution is -2.22. The fraction of sp³-hybridized carbons (Fsp3) is 0.500. The zero-order chi connectivity index (χ0) is 6.15. The second-order valence-electron chi connectivity index (χ2n) is 2.19. The Bertz CT molecular complexity index is 134. The Hall–Kier alpha value is -0.500. The number of halogens is 1. The molecule has 0 radical (unpaired) electrons. The van der Waals surface area contributed by atoms with E-state index in [2.05, 4.69) is 6.58 Å². The first kappa shape index (κ1) is 8.50. The molecule has 0 aromatic rings. The lowest BCUT2D eigenvalue weighted by molar-refractivity contribution is -0.143. The van der Waals surface area contributed by atoms with Crippen LogP contribution in [-0.2, 0) is 4.79 Å². The van der Waals surface area contributed by atoms with Gasteiger partial charge in [0.25, 0.3) is 0 Å². The Kier molecular flexibility index (Phi) is 2.71. The van der Waals surface area contributed by atoms with Crippen LogP contribution in [0.5, 0.6) is 0 Å². The summed E-state index contributed by atoms with van der Waals surface area (Å²) in [7, 11) is 0. The van der Waals surface area contributed by atoms with Gasteiger partial charge < -0.3 is 5.11 Å². The molecule has 3 heteroatoms. The average Bonchev–Trinajstić information content (AvgIpc) is 1.57. The van der Waals surface area contributed by atoms with Crippen LogP contribution in [0.2, 0.25) is 0 Å². The van der Waals surface area contributed by atoms with Gasteiger partial charge in [-0.25, -0.2) is 0 Å². The van der Waals surface area contributed by atoms with Crippen molar-refractivity contribution in [2.24, 2.45) is 5.92 Å². The van der Waals surface area contributed by atoms with E-state index < -0.39 is 5.97 Å². The molecule has 0 aromatic heterocycles. The van der Waals surface area contributed by atoms with Gasteiger partial charge in [-0.2, -0.15) is 0 Å². The maximum atomic E-state index is 10.1. The van der Waals surface area contributed by atoms with Gasteiger partial charge in [-0.1, -0.05) is 12.2 Å². The minimum atomic E-state index is -0.683. The summed E-state index contributed by atoms with van der Waals surface area (Å²) in [6.45, 7) is 3.63. The number of carboxylic acid groups (broad SMARTS) is 1. The fourth-order valence-corrected chi connectivity index (χ4v) is 0.812. The summed E-state index contributed by atoms with van der Waals surface area (Å²) in [6, 6.07) is 0. The predicted molar refractivity (Wildman–Crippen MR) is 36.7 cm³/mol. The van der Waals surface area contributed by atoms with E-state index in [0.29, 0.717) is 12.8 Å². The first-order valence-corrected chi connectivity index (χ1v) is 2.59. The average molecular weight is 149 g/mol. The highest BCUT2D eigenvalue weighted by Crippen LogP contribution is 2.30. The minimum absolute atomic E-state index is 0. The maximum absolute atomic E-state index is 10.1. The summed E-state index contributed by atoms with van der Waals surface area (Å²) < 4.78 is 0. The molecule has 1 fully saturated rings. The highest BCUT2D eigenvalue weighted by Gasteiger charge is 2.27. The van der Waals surface area contributed by atoms with Crippen LogP contribution in [0, 0.1) is 5.92 Å². The summed E-state index contributed by atoms with van der Waals surface area (Å²) in [4.78, 5) is 10.1. The monoisotopic (exact) mass is 148 g/mol. The number of aliphatic carboxylic acids is 1. The molecule has 0 unspecified atom stereocenters. The normalized spacial score (nSPS) is 18.0. The van der Waals surface area contributed by atoms with E-state index in [4.69, 9.17) is 5.11 Å². The van der Waals surface area contributed by atoms with Gasteiger partial charge in [0.15, 0.2) is 0 Å². The lowest BCUT2D eigenvalue weighted by Gasteiger charge is -2.23. The van der Waals surface area contributed by atoms with Crippen LogP contribution in [0.3, 0.4) is 0 Å². The van der Waals surface area contributed by atoms with E-state index in [1.54, 1.807) is 0 Å². The van der Waals surface area contributed by atoms with E-state index in [-0.39, 0.29) is 18.3 Å². The SMILES string of the molecule is C=C1CC(C(=O)O)C1.Cl. The molecule has 0 amide bonds. The van der Waals surface area contributed by atoms with Crippen LogP contribution in [0.15, 0.2) is 12.2 Å². The molecule has 0 bridgehead atoms. The van der Waals surface area contributed by atoms with Gasteiger partial charge >= 0.3 is 5.97 Å². The van der Waals surface area contributed by atoms with Gasteiger partial charge in [-0.3, -0.25) is 4.79 Å². The second kappa shape index (κ2) is 2.87. The van der Waals surface area contributed by atoms with Crippen molar-refractivity contribution in [3.63, 3.8) is 0 Å². The third-order valence-corrected chi connectivity index (χ3v) is 1.42. The molecule has 52 valence electrons. The topological polar surface area (TPSA) is 37.3 Å². The van der Waals surface area contributed by atoms with Crippen molar-refractivity contribution in [3.05, 3.63) is 12.2 Å². The summed E-state index contributed by atoms with van der Waals surface area (Å²) in [5.41, 5.74) is 1.07. The highest BCUT2D eigenvalue weighted by atomic mass is 35.5. The van der Waals surface area contributed by atoms with Crippen molar-refractivity contribution >= 4 is 18.4 Å². The highest BCUT2D eigenvalue weighted by molar-refractivity contribution is 5.85.